The van der Waals surface area contributed by atoms with Crippen LogP contribution in [-0.4, -0.2) is 15.7 Å². The van der Waals surface area contributed by atoms with Gasteiger partial charge in [0, 0.05) is 21.2 Å². The molecule has 0 aromatic heterocycles. The van der Waals surface area contributed by atoms with Crippen molar-refractivity contribution in [2.24, 2.45) is 0 Å². The van der Waals surface area contributed by atoms with E-state index in [9.17, 15) is 4.21 Å². The molecule has 1 fully saturated rings. The van der Waals surface area contributed by atoms with Crippen LogP contribution >= 0.6 is 0 Å². The maximum absolute atomic E-state index is 11.1. The van der Waals surface area contributed by atoms with E-state index in [-0.39, 0.29) is 5.25 Å². The predicted octanol–water partition coefficient (Wildman–Crippen LogP) is 1.61. The molecule has 9 heavy (non-hydrogen) atoms. The molecule has 1 aliphatic carbocycles. The van der Waals surface area contributed by atoms with Crippen molar-refractivity contribution in [2.45, 2.75) is 30.9 Å². The van der Waals surface area contributed by atoms with E-state index in [1.165, 1.54) is 12.8 Å². The van der Waals surface area contributed by atoms with Gasteiger partial charge in [-0.15, -0.1) is 0 Å². The van der Waals surface area contributed by atoms with Crippen molar-refractivity contribution < 1.29 is 4.21 Å². The van der Waals surface area contributed by atoms with Crippen molar-refractivity contribution in [1.29, 1.82) is 4.78 Å². The molecule has 1 saturated carbocycles. The maximum Gasteiger partial charge on any atom is 0.0441 e. The van der Waals surface area contributed by atoms with Gasteiger partial charge in [0.2, 0.25) is 0 Å². The summed E-state index contributed by atoms with van der Waals surface area (Å²) in [6.45, 7) is 0. The Bertz CT molecular complexity index is 177. The first-order valence-corrected chi connectivity index (χ1v) is 5.36. The predicted molar refractivity (Wildman–Crippen MR) is 39.0 cm³/mol. The van der Waals surface area contributed by atoms with Gasteiger partial charge in [0.1, 0.15) is 0 Å². The third kappa shape index (κ3) is 1.68. The zero-order valence-corrected chi connectivity index (χ0v) is 6.54. The lowest BCUT2D eigenvalue weighted by Crippen LogP contribution is -2.13. The molecule has 1 N–H and O–H groups in total. The van der Waals surface area contributed by atoms with Crippen LogP contribution in [0.5, 0.6) is 0 Å². The van der Waals surface area contributed by atoms with E-state index in [4.69, 9.17) is 4.78 Å². The molecule has 1 atom stereocenters. The van der Waals surface area contributed by atoms with Crippen molar-refractivity contribution in [3.05, 3.63) is 0 Å². The van der Waals surface area contributed by atoms with E-state index < -0.39 is 9.73 Å². The third-order valence-electron chi connectivity index (χ3n) is 1.94. The zero-order valence-electron chi connectivity index (χ0n) is 5.72. The summed E-state index contributed by atoms with van der Waals surface area (Å²) in [6, 6.07) is 0. The smallest absolute Gasteiger partial charge is 0.0441 e. The van der Waals surface area contributed by atoms with Crippen molar-refractivity contribution in [3.63, 3.8) is 0 Å². The number of rotatable bonds is 1. The van der Waals surface area contributed by atoms with Gasteiger partial charge in [0.05, 0.1) is 0 Å². The molecule has 0 spiro atoms. The van der Waals surface area contributed by atoms with Gasteiger partial charge in [-0.05, 0) is 12.8 Å². The normalized spacial score (nSPS) is 28.1. The molecule has 1 aliphatic rings. The highest BCUT2D eigenvalue weighted by molar-refractivity contribution is 7.92. The molecule has 0 aromatic carbocycles. The second-order valence-corrected chi connectivity index (χ2v) is 5.28. The van der Waals surface area contributed by atoms with Crippen LogP contribution in [0.4, 0.5) is 0 Å². The van der Waals surface area contributed by atoms with Crippen molar-refractivity contribution in [2.75, 3.05) is 6.26 Å². The van der Waals surface area contributed by atoms with Crippen LogP contribution in [0.3, 0.4) is 0 Å². The molecular weight excluding hydrogens is 134 g/mol. The van der Waals surface area contributed by atoms with E-state index in [1.807, 2.05) is 0 Å². The largest absolute Gasteiger partial charge is 0.253 e. The molecule has 3 heteroatoms. The molecule has 0 aromatic rings. The van der Waals surface area contributed by atoms with E-state index in [0.717, 1.165) is 12.8 Å². The van der Waals surface area contributed by atoms with Gasteiger partial charge in [-0.2, -0.15) is 0 Å². The summed E-state index contributed by atoms with van der Waals surface area (Å²) in [5.41, 5.74) is 0. The van der Waals surface area contributed by atoms with Crippen molar-refractivity contribution in [1.82, 2.24) is 0 Å². The molecule has 0 bridgehead atoms. The average molecular weight is 147 g/mol. The Hall–Kier alpha value is -0.0500. The summed E-state index contributed by atoms with van der Waals surface area (Å²) >= 11 is 0. The van der Waals surface area contributed by atoms with Crippen LogP contribution in [0.15, 0.2) is 0 Å². The SMILES string of the molecule is C[S@@](=N)(=O)C1CCCC1. The second-order valence-electron chi connectivity index (χ2n) is 2.81. The van der Waals surface area contributed by atoms with Gasteiger partial charge < -0.3 is 0 Å². The Balaban J connectivity index is 2.63. The lowest BCUT2D eigenvalue weighted by atomic mass is 10.4. The van der Waals surface area contributed by atoms with E-state index >= 15 is 0 Å². The Morgan fingerprint density at radius 2 is 1.89 bits per heavy atom. The second kappa shape index (κ2) is 2.29. The molecule has 2 nitrogen and oxygen atoms in total. The topological polar surface area (TPSA) is 40.9 Å². The van der Waals surface area contributed by atoms with Gasteiger partial charge >= 0.3 is 0 Å². The molecular formula is C6H13NOS. The Labute approximate surface area is 56.6 Å². The lowest BCUT2D eigenvalue weighted by Gasteiger charge is -2.06. The highest BCUT2D eigenvalue weighted by atomic mass is 32.2. The number of hydrogen-bond acceptors (Lipinski definition) is 2. The van der Waals surface area contributed by atoms with E-state index in [0.29, 0.717) is 0 Å². The quantitative estimate of drug-likeness (QED) is 0.601. The highest BCUT2D eigenvalue weighted by Gasteiger charge is 2.21. The van der Waals surface area contributed by atoms with E-state index in [2.05, 4.69) is 0 Å². The molecule has 0 radical (unpaired) electrons. The minimum atomic E-state index is -2.20. The molecule has 0 unspecified atom stereocenters. The molecule has 0 amide bonds. The summed E-state index contributed by atoms with van der Waals surface area (Å²) in [5.74, 6) is 0. The zero-order chi connectivity index (χ0) is 6.91. The fraction of sp³-hybridized carbons (Fsp3) is 1.00. The van der Waals surface area contributed by atoms with Crippen LogP contribution in [-0.2, 0) is 9.73 Å². The Morgan fingerprint density at radius 1 is 1.44 bits per heavy atom. The molecule has 0 saturated heterocycles. The third-order valence-corrected chi connectivity index (χ3v) is 3.68. The number of nitrogens with one attached hydrogen (secondary N) is 1. The van der Waals surface area contributed by atoms with Gasteiger partial charge in [-0.3, -0.25) is 4.78 Å². The van der Waals surface area contributed by atoms with Crippen LogP contribution in [0.2, 0.25) is 0 Å². The fourth-order valence-corrected chi connectivity index (χ4v) is 2.57. The first kappa shape index (κ1) is 7.06. The monoisotopic (exact) mass is 147 g/mol. The molecule has 54 valence electrons. The minimum absolute atomic E-state index is 0.206. The summed E-state index contributed by atoms with van der Waals surface area (Å²) < 4.78 is 18.3. The van der Waals surface area contributed by atoms with Crippen molar-refractivity contribution in [3.8, 4) is 0 Å². The van der Waals surface area contributed by atoms with Gasteiger partial charge in [-0.1, -0.05) is 12.8 Å². The van der Waals surface area contributed by atoms with Crippen LogP contribution in [0, 0.1) is 4.78 Å². The minimum Gasteiger partial charge on any atom is -0.253 e. The molecule has 1 rings (SSSR count). The first-order chi connectivity index (χ1) is 4.11. The summed E-state index contributed by atoms with van der Waals surface area (Å²) in [6.07, 6.45) is 5.93. The number of hydrogen-bond donors (Lipinski definition) is 1. The fourth-order valence-electron chi connectivity index (χ4n) is 1.34. The van der Waals surface area contributed by atoms with Crippen LogP contribution in [0.25, 0.3) is 0 Å². The Morgan fingerprint density at radius 3 is 2.11 bits per heavy atom. The average Bonchev–Trinajstić information content (AvgIpc) is 2.08. The maximum atomic E-state index is 11.1. The summed E-state index contributed by atoms with van der Waals surface area (Å²) in [7, 11) is -2.20. The van der Waals surface area contributed by atoms with Gasteiger partial charge in [0.15, 0.2) is 0 Å². The molecule has 0 heterocycles. The lowest BCUT2D eigenvalue weighted by molar-refractivity contribution is 0.664. The van der Waals surface area contributed by atoms with E-state index in [1.54, 1.807) is 6.26 Å². The van der Waals surface area contributed by atoms with Crippen molar-refractivity contribution >= 4 is 9.73 Å². The summed E-state index contributed by atoms with van der Waals surface area (Å²) in [5, 5.41) is 0.206. The van der Waals surface area contributed by atoms with Gasteiger partial charge in [0.25, 0.3) is 0 Å². The van der Waals surface area contributed by atoms with Gasteiger partial charge in [-0.25, -0.2) is 4.21 Å². The first-order valence-electron chi connectivity index (χ1n) is 3.33. The van der Waals surface area contributed by atoms with Crippen LogP contribution in [0.1, 0.15) is 25.7 Å². The highest BCUT2D eigenvalue weighted by Crippen LogP contribution is 2.23. The Kier molecular flexibility index (Phi) is 1.80. The summed E-state index contributed by atoms with van der Waals surface area (Å²) in [4.78, 5) is 0. The molecule has 0 aliphatic heterocycles. The standard InChI is InChI=1S/C6H13NOS/c1-9(7,8)6-4-2-3-5-6/h6-7H,2-5H2,1H3/t9-/m1/s1. The van der Waals surface area contributed by atoms with Crippen LogP contribution < -0.4 is 0 Å².